The second-order valence-electron chi connectivity index (χ2n) is 7.50. The Bertz CT molecular complexity index is 1310. The fourth-order valence-corrected chi connectivity index (χ4v) is 3.38. The van der Waals surface area contributed by atoms with Gasteiger partial charge >= 0.3 is 11.9 Å². The number of carbonyl (C=O) groups is 2. The van der Waals surface area contributed by atoms with Gasteiger partial charge in [0.25, 0.3) is 0 Å². The number of hydrogen-bond donors (Lipinski definition) is 0. The van der Waals surface area contributed by atoms with Crippen LogP contribution in [0.1, 0.15) is 31.8 Å². The molecule has 0 amide bonds. The van der Waals surface area contributed by atoms with Gasteiger partial charge in [-0.2, -0.15) is 0 Å². The van der Waals surface area contributed by atoms with E-state index in [2.05, 4.69) is 0 Å². The Hall–Kier alpha value is -4.12. The summed E-state index contributed by atoms with van der Waals surface area (Å²) in [6.07, 6.45) is 0. The van der Waals surface area contributed by atoms with E-state index in [1.807, 2.05) is 26.0 Å². The molecule has 0 bridgehead atoms. The Morgan fingerprint density at radius 3 is 1.97 bits per heavy atom. The van der Waals surface area contributed by atoms with Crippen LogP contribution in [0.2, 0.25) is 0 Å². The van der Waals surface area contributed by atoms with Crippen molar-refractivity contribution in [2.75, 3.05) is 7.11 Å². The van der Waals surface area contributed by atoms with Gasteiger partial charge in [-0.15, -0.1) is 0 Å². The van der Waals surface area contributed by atoms with E-state index >= 15 is 0 Å². The summed E-state index contributed by atoms with van der Waals surface area (Å²) in [4.78, 5) is 25.0. The number of rotatable bonds is 5. The third-order valence-corrected chi connectivity index (χ3v) is 5.12. The highest BCUT2D eigenvalue weighted by Crippen LogP contribution is 2.25. The highest BCUT2D eigenvalue weighted by Gasteiger charge is 2.13. The molecule has 0 fully saturated rings. The average Bonchev–Trinajstić information content (AvgIpc) is 2.80. The van der Waals surface area contributed by atoms with Crippen molar-refractivity contribution in [1.29, 1.82) is 0 Å². The van der Waals surface area contributed by atoms with Gasteiger partial charge in [0, 0.05) is 0 Å². The Kier molecular flexibility index (Phi) is 5.90. The number of benzene rings is 4. The van der Waals surface area contributed by atoms with E-state index in [0.717, 1.165) is 21.9 Å². The van der Waals surface area contributed by atoms with Crippen LogP contribution in [0.25, 0.3) is 10.8 Å². The Labute approximate surface area is 186 Å². The van der Waals surface area contributed by atoms with Gasteiger partial charge in [-0.05, 0) is 84.8 Å². The summed E-state index contributed by atoms with van der Waals surface area (Å²) >= 11 is 0. The van der Waals surface area contributed by atoms with E-state index in [4.69, 9.17) is 14.2 Å². The van der Waals surface area contributed by atoms with Crippen LogP contribution in [0.5, 0.6) is 17.2 Å². The first kappa shape index (κ1) is 21.1. The third-order valence-electron chi connectivity index (χ3n) is 5.12. The molecule has 0 N–H and O–H groups in total. The maximum atomic E-state index is 12.6. The number of methoxy groups -OCH3 is 1. The van der Waals surface area contributed by atoms with Crippen LogP contribution >= 0.6 is 0 Å². The molecule has 4 aromatic rings. The molecule has 4 rings (SSSR count). The van der Waals surface area contributed by atoms with E-state index in [9.17, 15) is 9.59 Å². The molecule has 0 aliphatic heterocycles. The van der Waals surface area contributed by atoms with Gasteiger partial charge in [0.2, 0.25) is 0 Å². The van der Waals surface area contributed by atoms with Crippen LogP contribution in [0.4, 0.5) is 0 Å². The van der Waals surface area contributed by atoms with Crippen molar-refractivity contribution in [2.45, 2.75) is 13.8 Å². The maximum Gasteiger partial charge on any atom is 0.343 e. The highest BCUT2D eigenvalue weighted by atomic mass is 16.5. The fourth-order valence-electron chi connectivity index (χ4n) is 3.38. The topological polar surface area (TPSA) is 61.8 Å². The van der Waals surface area contributed by atoms with Crippen LogP contribution in [0, 0.1) is 13.8 Å². The minimum Gasteiger partial charge on any atom is -0.497 e. The molecule has 0 atom stereocenters. The fraction of sp³-hybridized carbons (Fsp3) is 0.111. The maximum absolute atomic E-state index is 12.6. The number of carbonyl (C=O) groups excluding carboxylic acids is 2. The van der Waals surface area contributed by atoms with Crippen LogP contribution in [0.3, 0.4) is 0 Å². The van der Waals surface area contributed by atoms with E-state index in [1.165, 1.54) is 0 Å². The molecule has 0 saturated carbocycles. The first-order valence-corrected chi connectivity index (χ1v) is 10.1. The molecule has 0 aliphatic rings. The molecule has 0 heterocycles. The standard InChI is InChI=1S/C27H22O5/c1-17-4-13-25(18(2)14-17)32-27(29)22-6-5-21-16-24(12-9-20(21)15-22)31-26(28)19-7-10-23(30-3)11-8-19/h4-16H,1-3H3. The molecule has 0 saturated heterocycles. The van der Waals surface area contributed by atoms with E-state index in [1.54, 1.807) is 73.8 Å². The lowest BCUT2D eigenvalue weighted by molar-refractivity contribution is 0.0725. The molecule has 0 spiro atoms. The normalized spacial score (nSPS) is 10.6. The number of aryl methyl sites for hydroxylation is 2. The third kappa shape index (κ3) is 4.62. The molecule has 0 unspecified atom stereocenters. The summed E-state index contributed by atoms with van der Waals surface area (Å²) in [6, 6.07) is 22.9. The van der Waals surface area contributed by atoms with Gasteiger partial charge in [-0.25, -0.2) is 9.59 Å². The van der Waals surface area contributed by atoms with Crippen molar-refractivity contribution < 1.29 is 23.8 Å². The summed E-state index contributed by atoms with van der Waals surface area (Å²) in [6.45, 7) is 3.90. The van der Waals surface area contributed by atoms with Crippen LogP contribution in [-0.2, 0) is 0 Å². The number of hydrogen-bond acceptors (Lipinski definition) is 5. The second kappa shape index (κ2) is 8.94. The summed E-state index contributed by atoms with van der Waals surface area (Å²) < 4.78 is 16.2. The number of ether oxygens (including phenoxy) is 3. The lowest BCUT2D eigenvalue weighted by atomic mass is 10.1. The van der Waals surface area contributed by atoms with Gasteiger partial charge in [-0.3, -0.25) is 0 Å². The Balaban J connectivity index is 1.50. The summed E-state index contributed by atoms with van der Waals surface area (Å²) in [5.41, 5.74) is 2.88. The van der Waals surface area contributed by atoms with Crippen LogP contribution in [0.15, 0.2) is 78.9 Å². The second-order valence-corrected chi connectivity index (χ2v) is 7.50. The van der Waals surface area contributed by atoms with Gasteiger partial charge in [0.15, 0.2) is 0 Å². The number of fused-ring (bicyclic) bond motifs is 1. The Morgan fingerprint density at radius 2 is 1.25 bits per heavy atom. The quantitative estimate of drug-likeness (QED) is 0.294. The molecule has 32 heavy (non-hydrogen) atoms. The molecule has 4 aromatic carbocycles. The van der Waals surface area contributed by atoms with Gasteiger partial charge in [0.1, 0.15) is 17.2 Å². The predicted molar refractivity (Wildman–Crippen MR) is 123 cm³/mol. The van der Waals surface area contributed by atoms with Crippen molar-refractivity contribution in [3.8, 4) is 17.2 Å². The Morgan fingerprint density at radius 1 is 0.625 bits per heavy atom. The zero-order valence-corrected chi connectivity index (χ0v) is 18.0. The van der Waals surface area contributed by atoms with Crippen molar-refractivity contribution in [1.82, 2.24) is 0 Å². The predicted octanol–water partition coefficient (Wildman–Crippen LogP) is 5.90. The molecular weight excluding hydrogens is 404 g/mol. The SMILES string of the molecule is COc1ccc(C(=O)Oc2ccc3cc(C(=O)Oc4ccc(C)cc4C)ccc3c2)cc1. The smallest absolute Gasteiger partial charge is 0.343 e. The zero-order chi connectivity index (χ0) is 22.7. The monoisotopic (exact) mass is 426 g/mol. The summed E-state index contributed by atoms with van der Waals surface area (Å²) in [7, 11) is 1.57. The van der Waals surface area contributed by atoms with Crippen LogP contribution in [-0.4, -0.2) is 19.0 Å². The van der Waals surface area contributed by atoms with Crippen molar-refractivity contribution in [3.63, 3.8) is 0 Å². The van der Waals surface area contributed by atoms with E-state index in [0.29, 0.717) is 28.4 Å². The molecule has 0 aliphatic carbocycles. The van der Waals surface area contributed by atoms with Crippen molar-refractivity contribution >= 4 is 22.7 Å². The average molecular weight is 426 g/mol. The zero-order valence-electron chi connectivity index (χ0n) is 18.0. The number of esters is 2. The van der Waals surface area contributed by atoms with Gasteiger partial charge in [0.05, 0.1) is 18.2 Å². The molecule has 5 nitrogen and oxygen atoms in total. The van der Waals surface area contributed by atoms with Gasteiger partial charge < -0.3 is 14.2 Å². The van der Waals surface area contributed by atoms with Crippen LogP contribution < -0.4 is 14.2 Å². The molecular formula is C27H22O5. The molecule has 160 valence electrons. The minimum atomic E-state index is -0.458. The molecule has 0 radical (unpaired) electrons. The lowest BCUT2D eigenvalue weighted by Gasteiger charge is -2.09. The highest BCUT2D eigenvalue weighted by molar-refractivity contribution is 5.97. The largest absolute Gasteiger partial charge is 0.497 e. The first-order valence-electron chi connectivity index (χ1n) is 10.1. The first-order chi connectivity index (χ1) is 15.4. The van der Waals surface area contributed by atoms with Gasteiger partial charge in [-0.1, -0.05) is 29.8 Å². The summed E-state index contributed by atoms with van der Waals surface area (Å²) in [5, 5.41) is 1.68. The molecule has 0 aromatic heterocycles. The minimum absolute atomic E-state index is 0.420. The van der Waals surface area contributed by atoms with Crippen molar-refractivity contribution in [3.05, 3.63) is 101 Å². The van der Waals surface area contributed by atoms with E-state index in [-0.39, 0.29) is 0 Å². The summed E-state index contributed by atoms with van der Waals surface area (Å²) in [5.74, 6) is 0.749. The van der Waals surface area contributed by atoms with Crippen molar-refractivity contribution in [2.24, 2.45) is 0 Å². The van der Waals surface area contributed by atoms with E-state index < -0.39 is 11.9 Å². The molecule has 5 heteroatoms. The lowest BCUT2D eigenvalue weighted by Crippen LogP contribution is -2.09.